The second-order valence-corrected chi connectivity index (χ2v) is 4.99. The fourth-order valence-corrected chi connectivity index (χ4v) is 1.92. The van der Waals surface area contributed by atoms with Crippen molar-refractivity contribution in [1.29, 1.82) is 0 Å². The van der Waals surface area contributed by atoms with Gasteiger partial charge in [-0.25, -0.2) is 0 Å². The van der Waals surface area contributed by atoms with Gasteiger partial charge < -0.3 is 4.74 Å². The Kier molecular flexibility index (Phi) is 4.68. The van der Waals surface area contributed by atoms with Crippen molar-refractivity contribution in [3.05, 3.63) is 40.4 Å². The van der Waals surface area contributed by atoms with E-state index in [1.165, 1.54) is 0 Å². The lowest BCUT2D eigenvalue weighted by atomic mass is 10.2. The first-order valence-corrected chi connectivity index (χ1v) is 6.97. The number of aromatic nitrogens is 3. The van der Waals surface area contributed by atoms with E-state index in [1.807, 2.05) is 45.0 Å². The van der Waals surface area contributed by atoms with Crippen LogP contribution in [0.1, 0.15) is 38.1 Å². The molecule has 5 nitrogen and oxygen atoms in total. The van der Waals surface area contributed by atoms with E-state index in [1.54, 1.807) is 10.9 Å². The number of H-pyrrole nitrogens is 1. The second kappa shape index (κ2) is 6.47. The summed E-state index contributed by atoms with van der Waals surface area (Å²) in [4.78, 5) is 0. The topological polar surface area (TPSA) is 55.2 Å². The number of ether oxygens (including phenoxy) is 1. The van der Waals surface area contributed by atoms with Crippen molar-refractivity contribution in [2.24, 2.45) is 5.10 Å². The summed E-state index contributed by atoms with van der Waals surface area (Å²) in [6.45, 7) is 6.72. The minimum atomic E-state index is 0.250. The van der Waals surface area contributed by atoms with E-state index < -0.39 is 0 Å². The van der Waals surface area contributed by atoms with Gasteiger partial charge in [0, 0.05) is 5.92 Å². The monoisotopic (exact) mass is 290 g/mol. The summed E-state index contributed by atoms with van der Waals surface area (Å²) in [7, 11) is 0. The van der Waals surface area contributed by atoms with E-state index in [0.717, 1.165) is 17.1 Å². The number of hydrogen-bond donors (Lipinski definition) is 1. The van der Waals surface area contributed by atoms with Gasteiger partial charge in [0.15, 0.2) is 5.82 Å². The molecule has 6 heteroatoms. The Labute approximate surface area is 123 Å². The van der Waals surface area contributed by atoms with E-state index in [4.69, 9.17) is 17.0 Å². The molecule has 0 unspecified atom stereocenters. The Morgan fingerprint density at radius 3 is 2.70 bits per heavy atom. The van der Waals surface area contributed by atoms with Gasteiger partial charge in [0.2, 0.25) is 4.77 Å². The standard InChI is InChI=1S/C14H18N4OS/c1-4-19-12-7-5-11(6-8-12)9-15-18-13(10(2)3)16-17-14(18)20/h5-10H,4H2,1-3H3,(H,17,20)/b15-9-. The summed E-state index contributed by atoms with van der Waals surface area (Å²) in [5.74, 6) is 1.92. The molecule has 0 aliphatic rings. The third-order valence-electron chi connectivity index (χ3n) is 2.71. The normalized spacial score (nSPS) is 11.4. The molecule has 1 aromatic heterocycles. The summed E-state index contributed by atoms with van der Waals surface area (Å²) in [6.07, 6.45) is 1.76. The Hall–Kier alpha value is -1.95. The maximum atomic E-state index is 5.40. The van der Waals surface area contributed by atoms with Crippen LogP contribution in [0.5, 0.6) is 5.75 Å². The average molecular weight is 290 g/mol. The highest BCUT2D eigenvalue weighted by atomic mass is 32.1. The molecule has 0 saturated heterocycles. The van der Waals surface area contributed by atoms with Gasteiger partial charge in [0.25, 0.3) is 0 Å². The van der Waals surface area contributed by atoms with E-state index >= 15 is 0 Å². The number of benzene rings is 1. The third-order valence-corrected chi connectivity index (χ3v) is 2.97. The smallest absolute Gasteiger partial charge is 0.216 e. The summed E-state index contributed by atoms with van der Waals surface area (Å²) >= 11 is 5.17. The molecule has 20 heavy (non-hydrogen) atoms. The highest BCUT2D eigenvalue weighted by Gasteiger charge is 2.08. The largest absolute Gasteiger partial charge is 0.494 e. The Morgan fingerprint density at radius 1 is 1.40 bits per heavy atom. The van der Waals surface area contributed by atoms with E-state index in [-0.39, 0.29) is 5.92 Å². The molecule has 0 saturated carbocycles. The molecule has 1 N–H and O–H groups in total. The van der Waals surface area contributed by atoms with Crippen LogP contribution in [-0.2, 0) is 0 Å². The lowest BCUT2D eigenvalue weighted by Crippen LogP contribution is -2.01. The zero-order valence-corrected chi connectivity index (χ0v) is 12.6. The molecule has 0 fully saturated rings. The molecule has 0 amide bonds. The summed E-state index contributed by atoms with van der Waals surface area (Å²) in [5, 5.41) is 11.3. The maximum absolute atomic E-state index is 5.40. The van der Waals surface area contributed by atoms with Gasteiger partial charge in [-0.3, -0.25) is 5.10 Å². The van der Waals surface area contributed by atoms with Gasteiger partial charge in [0.05, 0.1) is 12.8 Å². The van der Waals surface area contributed by atoms with Crippen LogP contribution in [0.4, 0.5) is 0 Å². The molecule has 2 rings (SSSR count). The molecule has 1 aromatic carbocycles. The van der Waals surface area contributed by atoms with Gasteiger partial charge in [-0.05, 0) is 49.0 Å². The van der Waals surface area contributed by atoms with Crippen LogP contribution < -0.4 is 4.74 Å². The number of nitrogens with zero attached hydrogens (tertiary/aromatic N) is 3. The van der Waals surface area contributed by atoms with Gasteiger partial charge in [-0.15, -0.1) is 0 Å². The number of aromatic amines is 1. The van der Waals surface area contributed by atoms with Crippen LogP contribution in [-0.4, -0.2) is 27.7 Å². The van der Waals surface area contributed by atoms with Gasteiger partial charge in [0.1, 0.15) is 5.75 Å². The van der Waals surface area contributed by atoms with Crippen LogP contribution in [0, 0.1) is 4.77 Å². The van der Waals surface area contributed by atoms with Crippen molar-refractivity contribution in [1.82, 2.24) is 14.9 Å². The van der Waals surface area contributed by atoms with Gasteiger partial charge >= 0.3 is 0 Å². The molecule has 0 aliphatic heterocycles. The molecule has 106 valence electrons. The first kappa shape index (κ1) is 14.5. The zero-order valence-electron chi connectivity index (χ0n) is 11.8. The Morgan fingerprint density at radius 2 is 2.10 bits per heavy atom. The average Bonchev–Trinajstić information content (AvgIpc) is 2.80. The second-order valence-electron chi connectivity index (χ2n) is 4.60. The van der Waals surface area contributed by atoms with Crippen molar-refractivity contribution >= 4 is 18.4 Å². The molecule has 0 aliphatic carbocycles. The summed E-state index contributed by atoms with van der Waals surface area (Å²) in [5.41, 5.74) is 0.978. The lowest BCUT2D eigenvalue weighted by Gasteiger charge is -2.04. The SMILES string of the molecule is CCOc1ccc(/C=N\n2c(C(C)C)n[nH]c2=S)cc1. The minimum absolute atomic E-state index is 0.250. The van der Waals surface area contributed by atoms with Crippen LogP contribution in [0.2, 0.25) is 0 Å². The van der Waals surface area contributed by atoms with Crippen molar-refractivity contribution < 1.29 is 4.74 Å². The molecule has 0 bridgehead atoms. The molecule has 0 spiro atoms. The summed E-state index contributed by atoms with van der Waals surface area (Å²) < 4.78 is 7.54. The van der Waals surface area contributed by atoms with E-state index in [2.05, 4.69) is 15.3 Å². The van der Waals surface area contributed by atoms with Gasteiger partial charge in [-0.2, -0.15) is 14.9 Å². The van der Waals surface area contributed by atoms with Crippen LogP contribution >= 0.6 is 12.2 Å². The fraction of sp³-hybridized carbons (Fsp3) is 0.357. The van der Waals surface area contributed by atoms with Gasteiger partial charge in [-0.1, -0.05) is 13.8 Å². The Bertz CT molecular complexity index is 640. The summed E-state index contributed by atoms with van der Waals surface area (Å²) in [6, 6.07) is 7.74. The molecule has 2 aromatic rings. The highest BCUT2D eigenvalue weighted by Crippen LogP contribution is 2.13. The number of nitrogens with one attached hydrogen (secondary N) is 1. The first-order chi connectivity index (χ1) is 9.61. The Balaban J connectivity index is 2.21. The lowest BCUT2D eigenvalue weighted by molar-refractivity contribution is 0.340. The van der Waals surface area contributed by atoms with Crippen molar-refractivity contribution in [2.75, 3.05) is 6.61 Å². The van der Waals surface area contributed by atoms with Crippen molar-refractivity contribution in [3.63, 3.8) is 0 Å². The molecule has 0 atom stereocenters. The highest BCUT2D eigenvalue weighted by molar-refractivity contribution is 7.71. The fourth-order valence-electron chi connectivity index (χ4n) is 1.73. The molecular weight excluding hydrogens is 272 g/mol. The predicted molar refractivity (Wildman–Crippen MR) is 82.1 cm³/mol. The van der Waals surface area contributed by atoms with Crippen LogP contribution in [0.15, 0.2) is 29.4 Å². The van der Waals surface area contributed by atoms with Crippen LogP contribution in [0.3, 0.4) is 0 Å². The first-order valence-electron chi connectivity index (χ1n) is 6.56. The maximum Gasteiger partial charge on any atom is 0.216 e. The molecular formula is C14H18N4OS. The van der Waals surface area contributed by atoms with Crippen molar-refractivity contribution in [2.45, 2.75) is 26.7 Å². The number of hydrogen-bond acceptors (Lipinski definition) is 4. The predicted octanol–water partition coefficient (Wildman–Crippen LogP) is 3.34. The minimum Gasteiger partial charge on any atom is -0.494 e. The third kappa shape index (κ3) is 3.33. The molecule has 1 heterocycles. The van der Waals surface area contributed by atoms with E-state index in [0.29, 0.717) is 11.4 Å². The van der Waals surface area contributed by atoms with Crippen LogP contribution in [0.25, 0.3) is 0 Å². The number of rotatable bonds is 5. The van der Waals surface area contributed by atoms with Crippen molar-refractivity contribution in [3.8, 4) is 5.75 Å². The van der Waals surface area contributed by atoms with E-state index in [9.17, 15) is 0 Å². The molecule has 0 radical (unpaired) electrons. The quantitative estimate of drug-likeness (QED) is 0.678. The zero-order chi connectivity index (χ0) is 14.5.